The zero-order valence-corrected chi connectivity index (χ0v) is 12.5. The van der Waals surface area contributed by atoms with Gasteiger partial charge in [-0.2, -0.15) is 0 Å². The van der Waals surface area contributed by atoms with Gasteiger partial charge in [0.1, 0.15) is 5.75 Å². The van der Waals surface area contributed by atoms with Gasteiger partial charge in [-0.15, -0.1) is 12.4 Å². The Morgan fingerprint density at radius 3 is 2.56 bits per heavy atom. The number of allylic oxidation sites excluding steroid dienone is 1. The zero-order valence-electron chi connectivity index (χ0n) is 11.7. The van der Waals surface area contributed by atoms with E-state index in [9.17, 15) is 5.11 Å². The molecule has 0 aromatic heterocycles. The average molecular weight is 270 g/mol. The van der Waals surface area contributed by atoms with Gasteiger partial charge in [0.25, 0.3) is 0 Å². The van der Waals surface area contributed by atoms with Crippen molar-refractivity contribution >= 4 is 18.0 Å². The van der Waals surface area contributed by atoms with Crippen LogP contribution in [0.1, 0.15) is 25.8 Å². The summed E-state index contributed by atoms with van der Waals surface area (Å²) in [5.41, 5.74) is 2.44. The van der Waals surface area contributed by atoms with Gasteiger partial charge in [-0.1, -0.05) is 32.1 Å². The standard InChI is InChI=1S/C15H23NO.ClH/c1-5-7-15(12(2)11-16(3)4)13-8-6-9-14(17)10-13;/h6-10,12,17H,5,11H2,1-4H3;1H/b15-7+;. The number of benzene rings is 1. The van der Waals surface area contributed by atoms with Crippen LogP contribution < -0.4 is 0 Å². The first-order valence-corrected chi connectivity index (χ1v) is 6.18. The predicted molar refractivity (Wildman–Crippen MR) is 81.3 cm³/mol. The quantitative estimate of drug-likeness (QED) is 0.879. The lowest BCUT2D eigenvalue weighted by atomic mass is 9.92. The first-order chi connectivity index (χ1) is 8.04. The maximum Gasteiger partial charge on any atom is 0.116 e. The van der Waals surface area contributed by atoms with E-state index in [1.807, 2.05) is 12.1 Å². The van der Waals surface area contributed by atoms with E-state index in [2.05, 4.69) is 45.0 Å². The molecule has 0 aliphatic carbocycles. The van der Waals surface area contributed by atoms with Crippen molar-refractivity contribution in [3.05, 3.63) is 35.9 Å². The highest BCUT2D eigenvalue weighted by molar-refractivity contribution is 5.85. The molecule has 0 spiro atoms. The van der Waals surface area contributed by atoms with Crippen LogP contribution in [0.5, 0.6) is 5.75 Å². The van der Waals surface area contributed by atoms with Crippen molar-refractivity contribution in [2.75, 3.05) is 20.6 Å². The summed E-state index contributed by atoms with van der Waals surface area (Å²) < 4.78 is 0. The molecule has 1 atom stereocenters. The van der Waals surface area contributed by atoms with Crippen molar-refractivity contribution in [1.29, 1.82) is 0 Å². The van der Waals surface area contributed by atoms with Gasteiger partial charge in [0, 0.05) is 6.54 Å². The lowest BCUT2D eigenvalue weighted by molar-refractivity contribution is 0.375. The minimum absolute atomic E-state index is 0. The topological polar surface area (TPSA) is 23.5 Å². The summed E-state index contributed by atoms with van der Waals surface area (Å²) in [4.78, 5) is 2.19. The second-order valence-electron chi connectivity index (χ2n) is 4.78. The van der Waals surface area contributed by atoms with E-state index in [0.29, 0.717) is 11.7 Å². The molecule has 1 aromatic rings. The molecule has 0 aliphatic rings. The molecule has 0 fully saturated rings. The van der Waals surface area contributed by atoms with Crippen LogP contribution in [0.3, 0.4) is 0 Å². The van der Waals surface area contributed by atoms with Crippen LogP contribution in [0, 0.1) is 5.92 Å². The highest BCUT2D eigenvalue weighted by Crippen LogP contribution is 2.26. The fraction of sp³-hybridized carbons (Fsp3) is 0.467. The van der Waals surface area contributed by atoms with Crippen LogP contribution >= 0.6 is 12.4 Å². The fourth-order valence-corrected chi connectivity index (χ4v) is 2.16. The van der Waals surface area contributed by atoms with Crippen LogP contribution in [0.4, 0.5) is 0 Å². The van der Waals surface area contributed by atoms with Gasteiger partial charge in [-0.3, -0.25) is 0 Å². The van der Waals surface area contributed by atoms with Crippen molar-refractivity contribution in [2.24, 2.45) is 5.92 Å². The summed E-state index contributed by atoms with van der Waals surface area (Å²) in [7, 11) is 4.17. The Morgan fingerprint density at radius 1 is 1.39 bits per heavy atom. The first-order valence-electron chi connectivity index (χ1n) is 6.18. The molecule has 3 heteroatoms. The normalized spacial score (nSPS) is 13.3. The van der Waals surface area contributed by atoms with Crippen LogP contribution in [-0.2, 0) is 0 Å². The van der Waals surface area contributed by atoms with Crippen LogP contribution in [0.2, 0.25) is 0 Å². The summed E-state index contributed by atoms with van der Waals surface area (Å²) in [6, 6.07) is 7.52. The third-order valence-electron chi connectivity index (χ3n) is 2.77. The Bertz CT molecular complexity index is 388. The maximum absolute atomic E-state index is 9.56. The van der Waals surface area contributed by atoms with E-state index in [1.54, 1.807) is 6.07 Å². The van der Waals surface area contributed by atoms with Gasteiger partial charge in [0.05, 0.1) is 0 Å². The molecular formula is C15H24ClNO. The molecule has 18 heavy (non-hydrogen) atoms. The molecular weight excluding hydrogens is 246 g/mol. The van der Waals surface area contributed by atoms with Gasteiger partial charge in [0.2, 0.25) is 0 Å². The van der Waals surface area contributed by atoms with Crippen molar-refractivity contribution in [2.45, 2.75) is 20.3 Å². The van der Waals surface area contributed by atoms with Gasteiger partial charge in [-0.25, -0.2) is 0 Å². The third-order valence-corrected chi connectivity index (χ3v) is 2.77. The molecule has 102 valence electrons. The van der Waals surface area contributed by atoms with Gasteiger partial charge < -0.3 is 10.0 Å². The number of halogens is 1. The van der Waals surface area contributed by atoms with Crippen molar-refractivity contribution in [1.82, 2.24) is 4.90 Å². The summed E-state index contributed by atoms with van der Waals surface area (Å²) in [5, 5.41) is 9.56. The number of nitrogens with zero attached hydrogens (tertiary/aromatic N) is 1. The molecule has 1 N–H and O–H groups in total. The molecule has 0 aliphatic heterocycles. The van der Waals surface area contributed by atoms with Crippen molar-refractivity contribution in [3.63, 3.8) is 0 Å². The van der Waals surface area contributed by atoms with E-state index in [4.69, 9.17) is 0 Å². The molecule has 0 saturated heterocycles. The van der Waals surface area contributed by atoms with E-state index >= 15 is 0 Å². The first kappa shape index (κ1) is 17.0. The molecule has 1 unspecified atom stereocenters. The summed E-state index contributed by atoms with van der Waals surface area (Å²) in [6.45, 7) is 5.39. The monoisotopic (exact) mass is 269 g/mol. The van der Waals surface area contributed by atoms with E-state index in [-0.39, 0.29) is 12.4 Å². The lowest BCUT2D eigenvalue weighted by Gasteiger charge is -2.20. The lowest BCUT2D eigenvalue weighted by Crippen LogP contribution is -2.20. The number of hydrogen-bond donors (Lipinski definition) is 1. The Labute approximate surface area is 117 Å². The Kier molecular flexibility index (Phi) is 7.72. The smallest absolute Gasteiger partial charge is 0.116 e. The zero-order chi connectivity index (χ0) is 12.8. The third kappa shape index (κ3) is 5.11. The molecule has 0 amide bonds. The van der Waals surface area contributed by atoms with Crippen LogP contribution in [0.15, 0.2) is 30.3 Å². The molecule has 1 rings (SSSR count). The van der Waals surface area contributed by atoms with Gasteiger partial charge in [-0.05, 0) is 49.7 Å². The summed E-state index contributed by atoms with van der Waals surface area (Å²) in [5.74, 6) is 0.799. The van der Waals surface area contributed by atoms with Gasteiger partial charge in [0.15, 0.2) is 0 Å². The highest BCUT2D eigenvalue weighted by atomic mass is 35.5. The second kappa shape index (κ2) is 8.17. The molecule has 0 saturated carbocycles. The largest absolute Gasteiger partial charge is 0.508 e. The van der Waals surface area contributed by atoms with Crippen molar-refractivity contribution < 1.29 is 5.11 Å². The minimum Gasteiger partial charge on any atom is -0.508 e. The van der Waals surface area contributed by atoms with Crippen LogP contribution in [-0.4, -0.2) is 30.6 Å². The second-order valence-corrected chi connectivity index (χ2v) is 4.78. The fourth-order valence-electron chi connectivity index (χ4n) is 2.16. The Morgan fingerprint density at radius 2 is 2.06 bits per heavy atom. The highest BCUT2D eigenvalue weighted by Gasteiger charge is 2.12. The number of aromatic hydroxyl groups is 1. The number of hydrogen-bond acceptors (Lipinski definition) is 2. The molecule has 0 bridgehead atoms. The Balaban J connectivity index is 0.00000289. The molecule has 0 heterocycles. The summed E-state index contributed by atoms with van der Waals surface area (Å²) >= 11 is 0. The summed E-state index contributed by atoms with van der Waals surface area (Å²) in [6.07, 6.45) is 3.27. The number of rotatable bonds is 5. The number of phenolic OH excluding ortho intramolecular Hbond substituents is 1. The van der Waals surface area contributed by atoms with Crippen LogP contribution in [0.25, 0.3) is 5.57 Å². The Hall–Kier alpha value is -0.990. The van der Waals surface area contributed by atoms with Crippen molar-refractivity contribution in [3.8, 4) is 5.75 Å². The molecule has 1 aromatic carbocycles. The van der Waals surface area contributed by atoms with E-state index in [0.717, 1.165) is 18.5 Å². The SMILES string of the molecule is CC/C=C(/c1cccc(O)c1)C(C)CN(C)C.Cl. The average Bonchev–Trinajstić information content (AvgIpc) is 2.24. The van der Waals surface area contributed by atoms with E-state index in [1.165, 1.54) is 5.57 Å². The molecule has 2 nitrogen and oxygen atoms in total. The molecule has 0 radical (unpaired) electrons. The van der Waals surface area contributed by atoms with E-state index < -0.39 is 0 Å². The predicted octanol–water partition coefficient (Wildman–Crippen LogP) is 3.81. The maximum atomic E-state index is 9.56. The minimum atomic E-state index is 0. The van der Waals surface area contributed by atoms with Gasteiger partial charge >= 0.3 is 0 Å². The number of phenols is 1.